The molecule has 152 valence electrons. The largest absolute Gasteiger partial charge is 0.368 e. The van der Waals surface area contributed by atoms with Crippen LogP contribution in [-0.4, -0.2) is 31.8 Å². The van der Waals surface area contributed by atoms with Gasteiger partial charge in [-0.05, 0) is 49.2 Å². The first-order valence-electron chi connectivity index (χ1n) is 9.16. The van der Waals surface area contributed by atoms with Crippen molar-refractivity contribution in [2.75, 3.05) is 11.3 Å². The quantitative estimate of drug-likeness (QED) is 0.598. The van der Waals surface area contributed by atoms with E-state index in [9.17, 15) is 13.2 Å². The van der Waals surface area contributed by atoms with Crippen LogP contribution < -0.4 is 10.5 Å². The Kier molecular flexibility index (Phi) is 5.52. The van der Waals surface area contributed by atoms with Gasteiger partial charge in [-0.15, -0.1) is 11.3 Å². The van der Waals surface area contributed by atoms with Crippen molar-refractivity contribution < 1.29 is 13.2 Å². The topological polar surface area (TPSA) is 92.5 Å². The first-order chi connectivity index (χ1) is 13.8. The smallest absolute Gasteiger partial charge is 0.263 e. The van der Waals surface area contributed by atoms with E-state index in [4.69, 9.17) is 17.3 Å². The van der Waals surface area contributed by atoms with Crippen molar-refractivity contribution in [3.63, 3.8) is 0 Å². The zero-order valence-electron chi connectivity index (χ0n) is 15.5. The number of nitrogens with two attached hydrogens (primary N) is 1. The number of carbonyl (C=O) groups is 1. The lowest BCUT2D eigenvalue weighted by Gasteiger charge is -2.23. The summed E-state index contributed by atoms with van der Waals surface area (Å²) >= 11 is 7.42. The first-order valence-corrected chi connectivity index (χ1v) is 11.9. The molecule has 1 aromatic heterocycles. The second-order valence-corrected chi connectivity index (χ2v) is 10.0. The van der Waals surface area contributed by atoms with Crippen LogP contribution in [0.25, 0.3) is 10.1 Å². The van der Waals surface area contributed by atoms with E-state index in [1.165, 1.54) is 11.3 Å². The number of anilines is 1. The molecule has 29 heavy (non-hydrogen) atoms. The van der Waals surface area contributed by atoms with Gasteiger partial charge in [-0.1, -0.05) is 29.8 Å². The standard InChI is InChI=1S/C20H20ClN3O3S2/c21-14-7-8-18-15(10-14)19(12-28-18)29(26,27)23-16-5-2-1-4-13(16)11-24-9-3-6-17(24)20(22)25/h1-2,4-5,7-8,10,12,17,23H,3,6,9,11H2,(H2,22,25)/t17-/m1/s1. The number of sulfonamides is 1. The second-order valence-electron chi connectivity index (χ2n) is 7.03. The third-order valence-electron chi connectivity index (χ3n) is 5.12. The Hall–Kier alpha value is -2.13. The maximum Gasteiger partial charge on any atom is 0.263 e. The Morgan fingerprint density at radius 3 is 2.86 bits per heavy atom. The number of nitrogens with one attached hydrogen (secondary N) is 1. The van der Waals surface area contributed by atoms with E-state index in [0.717, 1.165) is 29.6 Å². The first kappa shape index (κ1) is 20.2. The number of rotatable bonds is 6. The van der Waals surface area contributed by atoms with Crippen LogP contribution in [0.5, 0.6) is 0 Å². The number of halogens is 1. The van der Waals surface area contributed by atoms with E-state index >= 15 is 0 Å². The number of para-hydroxylation sites is 1. The molecule has 4 rings (SSSR count). The molecule has 1 saturated heterocycles. The normalized spacial score (nSPS) is 17.6. The minimum Gasteiger partial charge on any atom is -0.368 e. The maximum absolute atomic E-state index is 13.1. The molecule has 1 fully saturated rings. The summed E-state index contributed by atoms with van der Waals surface area (Å²) in [6.45, 7) is 1.20. The molecule has 0 aliphatic carbocycles. The number of primary amides is 1. The highest BCUT2D eigenvalue weighted by molar-refractivity contribution is 7.93. The van der Waals surface area contributed by atoms with Gasteiger partial charge in [-0.2, -0.15) is 0 Å². The van der Waals surface area contributed by atoms with Crippen molar-refractivity contribution in [3.05, 3.63) is 58.4 Å². The lowest BCUT2D eigenvalue weighted by Crippen LogP contribution is -2.39. The molecule has 0 bridgehead atoms. The fraction of sp³-hybridized carbons (Fsp3) is 0.250. The SMILES string of the molecule is NC(=O)[C@H]1CCCN1Cc1ccccc1NS(=O)(=O)c1csc2ccc(Cl)cc12. The Labute approximate surface area is 178 Å². The molecule has 3 N–H and O–H groups in total. The van der Waals surface area contributed by atoms with Crippen LogP contribution >= 0.6 is 22.9 Å². The number of carbonyl (C=O) groups excluding carboxylic acids is 1. The van der Waals surface area contributed by atoms with Crippen molar-refractivity contribution in [2.24, 2.45) is 5.73 Å². The molecule has 9 heteroatoms. The van der Waals surface area contributed by atoms with Gasteiger partial charge >= 0.3 is 0 Å². The summed E-state index contributed by atoms with van der Waals surface area (Å²) in [5.74, 6) is -0.345. The molecule has 1 atom stereocenters. The van der Waals surface area contributed by atoms with E-state index in [-0.39, 0.29) is 16.8 Å². The third-order valence-corrected chi connectivity index (χ3v) is 7.87. The van der Waals surface area contributed by atoms with Crippen LogP contribution in [0, 0.1) is 0 Å². The Balaban J connectivity index is 1.64. The van der Waals surface area contributed by atoms with Gasteiger partial charge in [-0.25, -0.2) is 8.42 Å². The monoisotopic (exact) mass is 449 g/mol. The highest BCUT2D eigenvalue weighted by Crippen LogP contribution is 2.33. The summed E-state index contributed by atoms with van der Waals surface area (Å²) < 4.78 is 29.8. The van der Waals surface area contributed by atoms with Crippen molar-refractivity contribution in [2.45, 2.75) is 30.3 Å². The molecule has 0 radical (unpaired) electrons. The molecule has 1 amide bonds. The molecular weight excluding hydrogens is 430 g/mol. The Morgan fingerprint density at radius 2 is 2.07 bits per heavy atom. The summed E-state index contributed by atoms with van der Waals surface area (Å²) in [5, 5.41) is 2.70. The number of amides is 1. The van der Waals surface area contributed by atoms with Gasteiger partial charge in [0.05, 0.1) is 11.7 Å². The van der Waals surface area contributed by atoms with Gasteiger partial charge in [0.1, 0.15) is 4.90 Å². The van der Waals surface area contributed by atoms with E-state index in [2.05, 4.69) is 4.72 Å². The van der Waals surface area contributed by atoms with Crippen LogP contribution in [0.2, 0.25) is 5.02 Å². The van der Waals surface area contributed by atoms with E-state index in [0.29, 0.717) is 22.6 Å². The van der Waals surface area contributed by atoms with Gasteiger partial charge in [-0.3, -0.25) is 14.4 Å². The highest BCUT2D eigenvalue weighted by Gasteiger charge is 2.29. The van der Waals surface area contributed by atoms with E-state index in [1.54, 1.807) is 29.6 Å². The third kappa shape index (κ3) is 4.11. The van der Waals surface area contributed by atoms with Gasteiger partial charge in [0, 0.05) is 27.0 Å². The summed E-state index contributed by atoms with van der Waals surface area (Å²) in [6, 6.07) is 12.1. The van der Waals surface area contributed by atoms with Crippen LogP contribution in [0.4, 0.5) is 5.69 Å². The van der Waals surface area contributed by atoms with Gasteiger partial charge in [0.25, 0.3) is 10.0 Å². The molecule has 0 spiro atoms. The summed E-state index contributed by atoms with van der Waals surface area (Å²) in [6.07, 6.45) is 1.62. The lowest BCUT2D eigenvalue weighted by molar-refractivity contribution is -0.122. The minimum absolute atomic E-state index is 0.200. The van der Waals surface area contributed by atoms with Gasteiger partial charge in [0.2, 0.25) is 5.91 Å². The zero-order chi connectivity index (χ0) is 20.6. The highest BCUT2D eigenvalue weighted by atomic mass is 35.5. The predicted molar refractivity (Wildman–Crippen MR) is 117 cm³/mol. The Bertz CT molecular complexity index is 1180. The van der Waals surface area contributed by atoms with Gasteiger partial charge < -0.3 is 5.73 Å². The molecule has 3 aromatic rings. The zero-order valence-corrected chi connectivity index (χ0v) is 17.9. The summed E-state index contributed by atoms with van der Waals surface area (Å²) in [7, 11) is -3.81. The van der Waals surface area contributed by atoms with Gasteiger partial charge in [0.15, 0.2) is 0 Å². The fourth-order valence-electron chi connectivity index (χ4n) is 3.70. The van der Waals surface area contributed by atoms with Crippen LogP contribution in [0.1, 0.15) is 18.4 Å². The number of hydrogen-bond donors (Lipinski definition) is 2. The molecular formula is C20H20ClN3O3S2. The maximum atomic E-state index is 13.1. The molecule has 6 nitrogen and oxygen atoms in total. The number of fused-ring (bicyclic) bond motifs is 1. The van der Waals surface area contributed by atoms with Crippen molar-refractivity contribution in [1.29, 1.82) is 0 Å². The molecule has 2 heterocycles. The molecule has 1 aliphatic rings. The number of thiophene rings is 1. The summed E-state index contributed by atoms with van der Waals surface area (Å²) in [5.41, 5.74) is 6.79. The lowest BCUT2D eigenvalue weighted by atomic mass is 10.1. The van der Waals surface area contributed by atoms with Crippen LogP contribution in [0.15, 0.2) is 52.7 Å². The number of benzene rings is 2. The predicted octanol–water partition coefficient (Wildman–Crippen LogP) is 3.81. The second kappa shape index (κ2) is 7.95. The van der Waals surface area contributed by atoms with E-state index < -0.39 is 10.0 Å². The molecule has 0 unspecified atom stereocenters. The average molecular weight is 450 g/mol. The summed E-state index contributed by atoms with van der Waals surface area (Å²) in [4.78, 5) is 13.9. The number of nitrogens with zero attached hydrogens (tertiary/aromatic N) is 1. The molecule has 0 saturated carbocycles. The number of hydrogen-bond acceptors (Lipinski definition) is 5. The molecule has 1 aliphatic heterocycles. The van der Waals surface area contributed by atoms with Crippen LogP contribution in [0.3, 0.4) is 0 Å². The number of likely N-dealkylation sites (tertiary alicyclic amines) is 1. The molecule has 2 aromatic carbocycles. The minimum atomic E-state index is -3.81. The fourth-order valence-corrected chi connectivity index (χ4v) is 6.45. The van der Waals surface area contributed by atoms with Crippen molar-refractivity contribution in [1.82, 2.24) is 4.90 Å². The van der Waals surface area contributed by atoms with Crippen molar-refractivity contribution >= 4 is 54.6 Å². The average Bonchev–Trinajstić information content (AvgIpc) is 3.30. The van der Waals surface area contributed by atoms with Crippen molar-refractivity contribution in [3.8, 4) is 0 Å². The van der Waals surface area contributed by atoms with E-state index in [1.807, 2.05) is 23.1 Å². The van der Waals surface area contributed by atoms with Crippen LogP contribution in [-0.2, 0) is 21.4 Å². The Morgan fingerprint density at radius 1 is 1.28 bits per heavy atom.